The predicted molar refractivity (Wildman–Crippen MR) is 180 cm³/mol. The van der Waals surface area contributed by atoms with Gasteiger partial charge < -0.3 is 15.1 Å². The number of rotatable bonds is 7. The molecule has 3 aliphatic rings. The van der Waals surface area contributed by atoms with Crippen LogP contribution in [0.2, 0.25) is 0 Å². The van der Waals surface area contributed by atoms with Gasteiger partial charge in [0.15, 0.2) is 0 Å². The summed E-state index contributed by atoms with van der Waals surface area (Å²) in [5.74, 6) is 0.340. The molecular formula is C38H44N6O2. The monoisotopic (exact) mass is 616 g/mol. The summed E-state index contributed by atoms with van der Waals surface area (Å²) in [6, 6.07) is 28.5. The van der Waals surface area contributed by atoms with E-state index in [0.29, 0.717) is 24.2 Å². The fourth-order valence-electron chi connectivity index (χ4n) is 8.17. The summed E-state index contributed by atoms with van der Waals surface area (Å²) in [7, 11) is 0. The van der Waals surface area contributed by atoms with Crippen LogP contribution in [0.15, 0.2) is 102 Å². The molecule has 46 heavy (non-hydrogen) atoms. The number of carbonyl (C=O) groups excluding carboxylic acids is 1. The van der Waals surface area contributed by atoms with E-state index in [1.54, 1.807) is 17.0 Å². The Hall–Kier alpha value is -4.30. The molecule has 3 fully saturated rings. The Morgan fingerprint density at radius 1 is 0.891 bits per heavy atom. The molecule has 1 N–H and O–H groups in total. The number of amides is 2. The van der Waals surface area contributed by atoms with E-state index in [0.717, 1.165) is 69.5 Å². The number of pyridine rings is 1. The molecule has 2 aliphatic heterocycles. The van der Waals surface area contributed by atoms with Crippen LogP contribution < -0.4 is 10.9 Å². The van der Waals surface area contributed by atoms with Crippen molar-refractivity contribution in [3.63, 3.8) is 0 Å². The number of aromatic nitrogens is 3. The molecule has 1 spiro atoms. The quantitative estimate of drug-likeness (QED) is 0.263. The summed E-state index contributed by atoms with van der Waals surface area (Å²) in [5.41, 5.74) is 3.92. The fraction of sp³-hybridized carbons (Fsp3) is 0.421. The molecule has 7 rings (SSSR count). The van der Waals surface area contributed by atoms with Crippen molar-refractivity contribution in [1.82, 2.24) is 29.7 Å². The number of likely N-dealkylation sites (tertiary alicyclic amines) is 2. The molecule has 8 nitrogen and oxygen atoms in total. The summed E-state index contributed by atoms with van der Waals surface area (Å²) in [6.45, 7) is 3.59. The van der Waals surface area contributed by atoms with E-state index in [1.807, 2.05) is 54.7 Å². The summed E-state index contributed by atoms with van der Waals surface area (Å²) in [6.07, 6.45) is 10.8. The van der Waals surface area contributed by atoms with Crippen LogP contribution in [0, 0.1) is 11.3 Å². The van der Waals surface area contributed by atoms with Crippen molar-refractivity contribution in [2.75, 3.05) is 19.6 Å². The van der Waals surface area contributed by atoms with E-state index in [-0.39, 0.29) is 23.0 Å². The molecule has 4 heterocycles. The van der Waals surface area contributed by atoms with Gasteiger partial charge in [-0.25, -0.2) is 9.78 Å². The molecule has 0 radical (unpaired) electrons. The number of piperidine rings is 2. The lowest BCUT2D eigenvalue weighted by Crippen LogP contribution is -2.57. The van der Waals surface area contributed by atoms with Crippen LogP contribution in [-0.2, 0) is 13.1 Å². The van der Waals surface area contributed by atoms with Gasteiger partial charge in [-0.15, -0.1) is 0 Å². The Bertz CT molecular complexity index is 1660. The zero-order valence-corrected chi connectivity index (χ0v) is 26.5. The van der Waals surface area contributed by atoms with Gasteiger partial charge in [-0.2, -0.15) is 0 Å². The highest BCUT2D eigenvalue weighted by molar-refractivity contribution is 5.75. The Balaban J connectivity index is 1.05. The maximum atomic E-state index is 14.4. The van der Waals surface area contributed by atoms with Crippen molar-refractivity contribution < 1.29 is 4.79 Å². The zero-order valence-electron chi connectivity index (χ0n) is 26.5. The molecule has 1 saturated carbocycles. The first-order valence-electron chi connectivity index (χ1n) is 16.9. The Kier molecular flexibility index (Phi) is 8.97. The SMILES string of the molecule is O=C(N1CC[C@@H](Cn2cnc(-c3ccccc3)cc2=O)C2(CCCC2)C1)N1CC[C@@H](NCc2ccccn2)C[C@H]1c1ccccc1. The van der Waals surface area contributed by atoms with Crippen molar-refractivity contribution in [3.8, 4) is 11.3 Å². The Morgan fingerprint density at radius 2 is 1.65 bits per heavy atom. The van der Waals surface area contributed by atoms with E-state index >= 15 is 0 Å². The van der Waals surface area contributed by atoms with E-state index in [2.05, 4.69) is 55.4 Å². The number of nitrogens with one attached hydrogen (secondary N) is 1. The second-order valence-electron chi connectivity index (χ2n) is 13.4. The largest absolute Gasteiger partial charge is 0.324 e. The standard InChI is InChI=1S/C38H44N6O2/c45-36-24-34(29-11-3-1-4-12-29)41-28-43(36)26-31-16-21-42(27-38(31)18-8-9-19-38)37(46)44-22-17-32(40-25-33-15-7-10-20-39-33)23-35(44)30-13-5-2-6-14-30/h1-7,10-15,20,24,28,31-32,35,40H,8-9,16-19,21-23,25-27H2/t31-,32+,35-/m0/s1. The first-order chi connectivity index (χ1) is 22.6. The number of urea groups is 1. The highest BCUT2D eigenvalue weighted by Crippen LogP contribution is 2.49. The van der Waals surface area contributed by atoms with Crippen LogP contribution >= 0.6 is 0 Å². The first kappa shape index (κ1) is 30.4. The van der Waals surface area contributed by atoms with Gasteiger partial charge in [0.05, 0.1) is 23.8 Å². The van der Waals surface area contributed by atoms with Crippen molar-refractivity contribution in [3.05, 3.63) is 119 Å². The van der Waals surface area contributed by atoms with Crippen LogP contribution in [-0.4, -0.2) is 56.0 Å². The van der Waals surface area contributed by atoms with Gasteiger partial charge in [0.25, 0.3) is 5.56 Å². The van der Waals surface area contributed by atoms with Crippen LogP contribution in [0.4, 0.5) is 4.79 Å². The predicted octanol–water partition coefficient (Wildman–Crippen LogP) is 6.30. The van der Waals surface area contributed by atoms with Crippen molar-refractivity contribution >= 4 is 6.03 Å². The number of benzene rings is 2. The summed E-state index contributed by atoms with van der Waals surface area (Å²) in [5, 5.41) is 3.72. The van der Waals surface area contributed by atoms with Crippen molar-refractivity contribution in [2.45, 2.75) is 70.1 Å². The van der Waals surface area contributed by atoms with Crippen molar-refractivity contribution in [1.29, 1.82) is 0 Å². The molecule has 238 valence electrons. The van der Waals surface area contributed by atoms with Crippen LogP contribution in [0.5, 0.6) is 0 Å². The topological polar surface area (TPSA) is 83.4 Å². The summed E-state index contributed by atoms with van der Waals surface area (Å²) >= 11 is 0. The minimum Gasteiger partial charge on any atom is -0.324 e. The Morgan fingerprint density at radius 3 is 2.39 bits per heavy atom. The number of hydrogen-bond donors (Lipinski definition) is 1. The molecule has 3 atom stereocenters. The average Bonchev–Trinajstić information content (AvgIpc) is 3.58. The lowest BCUT2D eigenvalue weighted by atomic mass is 9.69. The third kappa shape index (κ3) is 6.49. The fourth-order valence-corrected chi connectivity index (χ4v) is 8.17. The van der Waals surface area contributed by atoms with Crippen LogP contribution in [0.1, 0.15) is 62.2 Å². The average molecular weight is 617 g/mol. The first-order valence-corrected chi connectivity index (χ1v) is 16.9. The van der Waals surface area contributed by atoms with Gasteiger partial charge in [0, 0.05) is 56.6 Å². The number of hydrogen-bond acceptors (Lipinski definition) is 5. The summed E-state index contributed by atoms with van der Waals surface area (Å²) in [4.78, 5) is 41.0. The number of nitrogens with zero attached hydrogens (tertiary/aromatic N) is 5. The molecule has 8 heteroatoms. The molecule has 2 amide bonds. The summed E-state index contributed by atoms with van der Waals surface area (Å²) < 4.78 is 1.79. The Labute approximate surface area is 271 Å². The maximum Gasteiger partial charge on any atom is 0.320 e. The molecule has 0 bridgehead atoms. The molecule has 2 saturated heterocycles. The van der Waals surface area contributed by atoms with Gasteiger partial charge in [0.1, 0.15) is 0 Å². The smallest absolute Gasteiger partial charge is 0.320 e. The molecule has 1 aliphatic carbocycles. The third-order valence-corrected chi connectivity index (χ3v) is 10.7. The van der Waals surface area contributed by atoms with Crippen molar-refractivity contribution in [2.24, 2.45) is 11.3 Å². The lowest BCUT2D eigenvalue weighted by Gasteiger charge is -2.49. The zero-order chi connectivity index (χ0) is 31.3. The molecule has 4 aromatic rings. The van der Waals surface area contributed by atoms with E-state index in [4.69, 9.17) is 0 Å². The minimum absolute atomic E-state index is 0.00858. The van der Waals surface area contributed by atoms with Crippen LogP contribution in [0.3, 0.4) is 0 Å². The van der Waals surface area contributed by atoms with Gasteiger partial charge in [-0.1, -0.05) is 79.6 Å². The third-order valence-electron chi connectivity index (χ3n) is 10.7. The highest BCUT2D eigenvalue weighted by Gasteiger charge is 2.47. The number of carbonyl (C=O) groups is 1. The molecular weight excluding hydrogens is 572 g/mol. The van der Waals surface area contributed by atoms with E-state index in [9.17, 15) is 9.59 Å². The van der Waals surface area contributed by atoms with Gasteiger partial charge in [0.2, 0.25) is 0 Å². The van der Waals surface area contributed by atoms with Gasteiger partial charge >= 0.3 is 6.03 Å². The highest BCUT2D eigenvalue weighted by atomic mass is 16.2. The maximum absolute atomic E-state index is 14.4. The minimum atomic E-state index is -0.00858. The molecule has 2 aromatic carbocycles. The van der Waals surface area contributed by atoms with Gasteiger partial charge in [-0.3, -0.25) is 14.3 Å². The molecule has 0 unspecified atom stereocenters. The molecule has 2 aromatic heterocycles. The van der Waals surface area contributed by atoms with Gasteiger partial charge in [-0.05, 0) is 61.1 Å². The van der Waals surface area contributed by atoms with E-state index in [1.165, 1.54) is 18.4 Å². The second kappa shape index (κ2) is 13.6. The normalized spacial score (nSPS) is 22.7. The lowest BCUT2D eigenvalue weighted by molar-refractivity contribution is 0.0206. The second-order valence-corrected chi connectivity index (χ2v) is 13.4. The van der Waals surface area contributed by atoms with Crippen LogP contribution in [0.25, 0.3) is 11.3 Å². The van der Waals surface area contributed by atoms with E-state index < -0.39 is 0 Å².